The predicted molar refractivity (Wildman–Crippen MR) is 62.9 cm³/mol. The maximum Gasteiger partial charge on any atom is 0.0576 e. The van der Waals surface area contributed by atoms with Crippen molar-refractivity contribution < 1.29 is 4.74 Å². The van der Waals surface area contributed by atoms with Crippen molar-refractivity contribution in [3.05, 3.63) is 0 Å². The summed E-state index contributed by atoms with van der Waals surface area (Å²) in [4.78, 5) is 0. The van der Waals surface area contributed by atoms with Crippen LogP contribution in [0.1, 0.15) is 46.0 Å². The van der Waals surface area contributed by atoms with E-state index in [9.17, 15) is 0 Å². The van der Waals surface area contributed by atoms with E-state index in [0.29, 0.717) is 17.6 Å². The van der Waals surface area contributed by atoms with Crippen molar-refractivity contribution in [3.8, 4) is 0 Å². The van der Waals surface area contributed by atoms with Gasteiger partial charge in [-0.25, -0.2) is 0 Å². The standard InChI is InChI=1S/C13H25NO/c1-10(2)14-9-11-7-13(11)6-4-5-12(8-13)15-3/h10-12,14H,4-9H2,1-3H3. The van der Waals surface area contributed by atoms with Gasteiger partial charge in [-0.15, -0.1) is 0 Å². The van der Waals surface area contributed by atoms with Gasteiger partial charge >= 0.3 is 0 Å². The van der Waals surface area contributed by atoms with Crippen LogP contribution in [0.5, 0.6) is 0 Å². The summed E-state index contributed by atoms with van der Waals surface area (Å²) in [6.07, 6.45) is 7.39. The zero-order valence-electron chi connectivity index (χ0n) is 10.4. The molecule has 3 unspecified atom stereocenters. The normalized spacial score (nSPS) is 40.0. The minimum absolute atomic E-state index is 0.544. The molecule has 2 aliphatic carbocycles. The van der Waals surface area contributed by atoms with Crippen LogP contribution in [0.25, 0.3) is 0 Å². The average Bonchev–Trinajstić information content (AvgIpc) is 2.88. The number of ether oxygens (including phenoxy) is 1. The maximum atomic E-state index is 5.52. The second-order valence-corrected chi connectivity index (χ2v) is 5.78. The van der Waals surface area contributed by atoms with Crippen molar-refractivity contribution in [2.24, 2.45) is 11.3 Å². The van der Waals surface area contributed by atoms with Gasteiger partial charge in [0.15, 0.2) is 0 Å². The molecule has 15 heavy (non-hydrogen) atoms. The largest absolute Gasteiger partial charge is 0.381 e. The highest BCUT2D eigenvalue weighted by molar-refractivity contribution is 5.06. The number of rotatable bonds is 4. The van der Waals surface area contributed by atoms with E-state index in [1.165, 1.54) is 38.6 Å². The van der Waals surface area contributed by atoms with E-state index in [1.807, 2.05) is 7.11 Å². The molecule has 0 aromatic carbocycles. The Labute approximate surface area is 93.8 Å². The van der Waals surface area contributed by atoms with Crippen molar-refractivity contribution >= 4 is 0 Å². The van der Waals surface area contributed by atoms with E-state index < -0.39 is 0 Å². The Morgan fingerprint density at radius 2 is 2.20 bits per heavy atom. The summed E-state index contributed by atoms with van der Waals surface area (Å²) in [6, 6.07) is 0.629. The molecular formula is C13H25NO. The van der Waals surface area contributed by atoms with E-state index in [-0.39, 0.29) is 0 Å². The molecule has 0 saturated heterocycles. The third kappa shape index (κ3) is 2.54. The molecule has 0 amide bonds. The van der Waals surface area contributed by atoms with Crippen LogP contribution in [-0.2, 0) is 4.74 Å². The molecule has 2 aliphatic rings. The molecule has 2 fully saturated rings. The van der Waals surface area contributed by atoms with Crippen LogP contribution in [0.15, 0.2) is 0 Å². The SMILES string of the molecule is COC1CCCC2(C1)CC2CNC(C)C. The first kappa shape index (κ1) is 11.4. The van der Waals surface area contributed by atoms with E-state index in [2.05, 4.69) is 19.2 Å². The van der Waals surface area contributed by atoms with Crippen LogP contribution in [0.4, 0.5) is 0 Å². The van der Waals surface area contributed by atoms with E-state index in [4.69, 9.17) is 4.74 Å². The van der Waals surface area contributed by atoms with Crippen LogP contribution >= 0.6 is 0 Å². The molecule has 0 heterocycles. The first-order chi connectivity index (χ1) is 7.16. The fourth-order valence-corrected chi connectivity index (χ4v) is 3.20. The quantitative estimate of drug-likeness (QED) is 0.771. The Hall–Kier alpha value is -0.0800. The molecule has 0 aromatic rings. The Morgan fingerprint density at radius 1 is 1.40 bits per heavy atom. The van der Waals surface area contributed by atoms with Gasteiger partial charge in [0.25, 0.3) is 0 Å². The fourth-order valence-electron chi connectivity index (χ4n) is 3.20. The molecule has 0 bridgehead atoms. The summed E-state index contributed by atoms with van der Waals surface area (Å²) < 4.78 is 5.52. The van der Waals surface area contributed by atoms with Gasteiger partial charge in [-0.3, -0.25) is 0 Å². The van der Waals surface area contributed by atoms with Gasteiger partial charge in [0, 0.05) is 13.2 Å². The lowest BCUT2D eigenvalue weighted by molar-refractivity contribution is 0.0404. The summed E-state index contributed by atoms with van der Waals surface area (Å²) in [5.41, 5.74) is 0.667. The van der Waals surface area contributed by atoms with Crippen LogP contribution in [0.3, 0.4) is 0 Å². The fraction of sp³-hybridized carbons (Fsp3) is 1.00. The zero-order chi connectivity index (χ0) is 10.9. The number of nitrogens with one attached hydrogen (secondary N) is 1. The van der Waals surface area contributed by atoms with Crippen LogP contribution in [0.2, 0.25) is 0 Å². The van der Waals surface area contributed by atoms with Gasteiger partial charge in [-0.2, -0.15) is 0 Å². The lowest BCUT2D eigenvalue weighted by atomic mass is 9.82. The minimum atomic E-state index is 0.544. The average molecular weight is 211 g/mol. The Bertz CT molecular complexity index is 217. The van der Waals surface area contributed by atoms with Gasteiger partial charge < -0.3 is 10.1 Å². The smallest absolute Gasteiger partial charge is 0.0576 e. The topological polar surface area (TPSA) is 21.3 Å². The van der Waals surface area contributed by atoms with Crippen molar-refractivity contribution in [1.29, 1.82) is 0 Å². The molecule has 3 atom stereocenters. The van der Waals surface area contributed by atoms with Crippen molar-refractivity contribution in [2.45, 2.75) is 58.1 Å². The monoisotopic (exact) mass is 211 g/mol. The summed E-state index contributed by atoms with van der Waals surface area (Å²) in [5, 5.41) is 3.57. The highest BCUT2D eigenvalue weighted by atomic mass is 16.5. The third-order valence-corrected chi connectivity index (χ3v) is 4.30. The molecule has 1 N–H and O–H groups in total. The third-order valence-electron chi connectivity index (χ3n) is 4.30. The van der Waals surface area contributed by atoms with E-state index >= 15 is 0 Å². The Morgan fingerprint density at radius 3 is 2.87 bits per heavy atom. The first-order valence-corrected chi connectivity index (χ1v) is 6.42. The number of hydrogen-bond donors (Lipinski definition) is 1. The summed E-state index contributed by atoms with van der Waals surface area (Å²) in [5.74, 6) is 0.929. The predicted octanol–water partition coefficient (Wildman–Crippen LogP) is 2.58. The summed E-state index contributed by atoms with van der Waals surface area (Å²) >= 11 is 0. The lowest BCUT2D eigenvalue weighted by Gasteiger charge is -2.29. The molecular weight excluding hydrogens is 186 g/mol. The molecule has 2 rings (SSSR count). The highest BCUT2D eigenvalue weighted by Crippen LogP contribution is 2.61. The van der Waals surface area contributed by atoms with Gasteiger partial charge in [0.05, 0.1) is 6.10 Å². The molecule has 0 aromatic heterocycles. The molecule has 0 radical (unpaired) electrons. The molecule has 2 heteroatoms. The molecule has 2 saturated carbocycles. The summed E-state index contributed by atoms with van der Waals surface area (Å²) in [7, 11) is 1.87. The van der Waals surface area contributed by atoms with Crippen LogP contribution < -0.4 is 5.32 Å². The Kier molecular flexibility index (Phi) is 3.36. The second-order valence-electron chi connectivity index (χ2n) is 5.78. The van der Waals surface area contributed by atoms with Crippen molar-refractivity contribution in [1.82, 2.24) is 5.32 Å². The van der Waals surface area contributed by atoms with Crippen LogP contribution in [0, 0.1) is 11.3 Å². The zero-order valence-corrected chi connectivity index (χ0v) is 10.4. The van der Waals surface area contributed by atoms with Gasteiger partial charge in [-0.1, -0.05) is 20.3 Å². The van der Waals surface area contributed by atoms with Gasteiger partial charge in [0.1, 0.15) is 0 Å². The van der Waals surface area contributed by atoms with E-state index in [0.717, 1.165) is 5.92 Å². The molecule has 88 valence electrons. The lowest BCUT2D eigenvalue weighted by Crippen LogP contribution is -2.29. The second kappa shape index (κ2) is 4.42. The molecule has 0 aliphatic heterocycles. The van der Waals surface area contributed by atoms with Crippen molar-refractivity contribution in [2.75, 3.05) is 13.7 Å². The first-order valence-electron chi connectivity index (χ1n) is 6.42. The minimum Gasteiger partial charge on any atom is -0.381 e. The number of hydrogen-bond acceptors (Lipinski definition) is 2. The van der Waals surface area contributed by atoms with E-state index in [1.54, 1.807) is 0 Å². The van der Waals surface area contributed by atoms with Crippen molar-refractivity contribution in [3.63, 3.8) is 0 Å². The maximum absolute atomic E-state index is 5.52. The molecule has 1 spiro atoms. The van der Waals surface area contributed by atoms with Gasteiger partial charge in [0.2, 0.25) is 0 Å². The van der Waals surface area contributed by atoms with Crippen LogP contribution in [-0.4, -0.2) is 25.8 Å². The summed E-state index contributed by atoms with van der Waals surface area (Å²) in [6.45, 7) is 5.68. The van der Waals surface area contributed by atoms with Gasteiger partial charge in [-0.05, 0) is 43.6 Å². The number of methoxy groups -OCH3 is 1. The molecule has 2 nitrogen and oxygen atoms in total. The Balaban J connectivity index is 1.78. The highest BCUT2D eigenvalue weighted by Gasteiger charge is 2.55.